The van der Waals surface area contributed by atoms with Crippen molar-refractivity contribution in [1.29, 1.82) is 0 Å². The maximum atomic E-state index is 12.6. The molecule has 2 rings (SSSR count). The number of nitrogens with zero attached hydrogens (tertiary/aromatic N) is 1. The zero-order valence-electron chi connectivity index (χ0n) is 10.6. The molecule has 0 aromatic heterocycles. The van der Waals surface area contributed by atoms with Crippen molar-refractivity contribution in [3.8, 4) is 5.75 Å². The van der Waals surface area contributed by atoms with Crippen molar-refractivity contribution in [2.45, 2.75) is 31.7 Å². The molecular weight excluding hydrogens is 421 g/mol. The average molecular weight is 438 g/mol. The van der Waals surface area contributed by atoms with Gasteiger partial charge in [-0.15, -0.1) is 0 Å². The highest BCUT2D eigenvalue weighted by Crippen LogP contribution is 2.27. The highest BCUT2D eigenvalue weighted by atomic mass is 127. The van der Waals surface area contributed by atoms with Gasteiger partial charge in [0.15, 0.2) is 0 Å². The maximum absolute atomic E-state index is 12.6. The molecule has 0 saturated heterocycles. The zero-order chi connectivity index (χ0) is 13.8. The number of halogens is 2. The van der Waals surface area contributed by atoms with E-state index in [9.17, 15) is 9.90 Å². The number of aromatic hydroxyl groups is 1. The second-order valence-electron chi connectivity index (χ2n) is 4.79. The van der Waals surface area contributed by atoms with E-state index < -0.39 is 0 Å². The van der Waals surface area contributed by atoms with Crippen molar-refractivity contribution in [3.63, 3.8) is 0 Å². The van der Waals surface area contributed by atoms with Gasteiger partial charge in [0, 0.05) is 23.5 Å². The van der Waals surface area contributed by atoms with Gasteiger partial charge in [-0.05, 0) is 53.6 Å². The average Bonchev–Trinajstić information content (AvgIpc) is 2.92. The number of hydrogen-bond acceptors (Lipinski definition) is 2. The minimum Gasteiger partial charge on any atom is -0.507 e. The van der Waals surface area contributed by atoms with Crippen LogP contribution in [0.25, 0.3) is 0 Å². The normalized spacial score (nSPS) is 15.7. The molecule has 0 spiro atoms. The summed E-state index contributed by atoms with van der Waals surface area (Å²) < 4.78 is 0.766. The first kappa shape index (κ1) is 15.1. The molecule has 0 bridgehead atoms. The molecule has 0 atom stereocenters. The molecule has 1 amide bonds. The molecule has 0 unspecified atom stereocenters. The molecular formula is C14H17BrINO2. The van der Waals surface area contributed by atoms with E-state index in [1.807, 2.05) is 4.90 Å². The summed E-state index contributed by atoms with van der Waals surface area (Å²) in [6.45, 7) is 0.719. The molecule has 1 aromatic carbocycles. The Kier molecular flexibility index (Phi) is 5.50. The third-order valence-electron chi connectivity index (χ3n) is 3.54. The van der Waals surface area contributed by atoms with Crippen LogP contribution >= 0.6 is 38.5 Å². The molecule has 1 fully saturated rings. The van der Waals surface area contributed by atoms with E-state index in [1.165, 1.54) is 12.8 Å². The highest BCUT2D eigenvalue weighted by Gasteiger charge is 2.27. The van der Waals surface area contributed by atoms with Gasteiger partial charge in [-0.25, -0.2) is 0 Å². The van der Waals surface area contributed by atoms with Crippen LogP contribution in [0.2, 0.25) is 0 Å². The molecule has 19 heavy (non-hydrogen) atoms. The molecule has 1 saturated carbocycles. The molecule has 1 aliphatic rings. The fourth-order valence-electron chi connectivity index (χ4n) is 2.57. The van der Waals surface area contributed by atoms with Crippen molar-refractivity contribution in [3.05, 3.63) is 27.3 Å². The monoisotopic (exact) mass is 437 g/mol. The minimum atomic E-state index is 0.0260. The molecule has 1 aromatic rings. The number of phenols is 1. The third-order valence-corrected chi connectivity index (χ3v) is 4.81. The second-order valence-corrected chi connectivity index (χ2v) is 6.75. The lowest BCUT2D eigenvalue weighted by molar-refractivity contribution is 0.0696. The Bertz CT molecular complexity index is 461. The van der Waals surface area contributed by atoms with Crippen LogP contribution in [0, 0.1) is 3.57 Å². The fraction of sp³-hybridized carbons (Fsp3) is 0.500. The van der Waals surface area contributed by atoms with Gasteiger partial charge in [-0.3, -0.25) is 4.79 Å². The lowest BCUT2D eigenvalue weighted by atomic mass is 10.1. The number of carbonyl (C=O) groups excluding carboxylic acids is 1. The first-order valence-electron chi connectivity index (χ1n) is 6.49. The quantitative estimate of drug-likeness (QED) is 0.575. The molecule has 3 nitrogen and oxygen atoms in total. The lowest BCUT2D eigenvalue weighted by Gasteiger charge is -2.28. The molecule has 1 aliphatic carbocycles. The summed E-state index contributed by atoms with van der Waals surface area (Å²) in [6, 6.07) is 5.50. The predicted molar refractivity (Wildman–Crippen MR) is 87.9 cm³/mol. The van der Waals surface area contributed by atoms with Crippen LogP contribution in [0.5, 0.6) is 5.75 Å². The lowest BCUT2D eigenvalue weighted by Crippen LogP contribution is -2.40. The summed E-state index contributed by atoms with van der Waals surface area (Å²) >= 11 is 5.47. The Morgan fingerprint density at radius 2 is 2.11 bits per heavy atom. The smallest absolute Gasteiger partial charge is 0.254 e. The van der Waals surface area contributed by atoms with E-state index in [0.717, 1.165) is 28.3 Å². The first-order valence-corrected chi connectivity index (χ1v) is 8.69. The molecule has 1 N–H and O–H groups in total. The Morgan fingerprint density at radius 3 is 2.68 bits per heavy atom. The van der Waals surface area contributed by atoms with Crippen LogP contribution in [0.4, 0.5) is 0 Å². The van der Waals surface area contributed by atoms with E-state index in [4.69, 9.17) is 0 Å². The number of carbonyl (C=O) groups is 1. The Balaban J connectivity index is 2.20. The number of rotatable bonds is 4. The number of benzene rings is 1. The number of alkyl halides is 1. The van der Waals surface area contributed by atoms with Crippen LogP contribution in [-0.4, -0.2) is 33.8 Å². The first-order chi connectivity index (χ1) is 9.13. The van der Waals surface area contributed by atoms with Crippen LogP contribution in [-0.2, 0) is 0 Å². The minimum absolute atomic E-state index is 0.0260. The van der Waals surface area contributed by atoms with Gasteiger partial charge in [0.1, 0.15) is 5.75 Å². The van der Waals surface area contributed by atoms with Gasteiger partial charge >= 0.3 is 0 Å². The van der Waals surface area contributed by atoms with Crippen molar-refractivity contribution in [1.82, 2.24) is 4.90 Å². The molecule has 0 radical (unpaired) electrons. The Morgan fingerprint density at radius 1 is 1.42 bits per heavy atom. The van der Waals surface area contributed by atoms with Gasteiger partial charge < -0.3 is 10.0 Å². The van der Waals surface area contributed by atoms with E-state index in [-0.39, 0.29) is 11.7 Å². The van der Waals surface area contributed by atoms with Crippen molar-refractivity contribution >= 4 is 44.4 Å². The fourth-order valence-corrected chi connectivity index (χ4v) is 3.29. The number of phenolic OH excluding ortho intramolecular Hbond substituents is 1. The Labute approximate surface area is 135 Å². The van der Waals surface area contributed by atoms with Crippen LogP contribution in [0.3, 0.4) is 0 Å². The second kappa shape index (κ2) is 6.92. The van der Waals surface area contributed by atoms with Crippen molar-refractivity contribution in [2.75, 3.05) is 11.9 Å². The largest absolute Gasteiger partial charge is 0.507 e. The van der Waals surface area contributed by atoms with Crippen LogP contribution in [0.15, 0.2) is 18.2 Å². The molecule has 104 valence electrons. The van der Waals surface area contributed by atoms with Gasteiger partial charge in [0.2, 0.25) is 0 Å². The summed E-state index contributed by atoms with van der Waals surface area (Å²) in [5.41, 5.74) is 0.575. The van der Waals surface area contributed by atoms with Crippen LogP contribution in [0.1, 0.15) is 36.0 Å². The van der Waals surface area contributed by atoms with Gasteiger partial charge in [0.05, 0.1) is 3.57 Å². The summed E-state index contributed by atoms with van der Waals surface area (Å²) in [5, 5.41) is 10.5. The summed E-state index contributed by atoms with van der Waals surface area (Å²) in [5.74, 6) is 0.203. The summed E-state index contributed by atoms with van der Waals surface area (Å²) in [6.07, 6.45) is 4.59. The number of hydrogen-bond donors (Lipinski definition) is 1. The molecule has 0 aliphatic heterocycles. The SMILES string of the molecule is O=C(c1ccc(I)c(O)c1)N(CCBr)C1CCCC1. The zero-order valence-corrected chi connectivity index (χ0v) is 14.4. The van der Waals surface area contributed by atoms with E-state index in [2.05, 4.69) is 38.5 Å². The van der Waals surface area contributed by atoms with E-state index >= 15 is 0 Å². The van der Waals surface area contributed by atoms with E-state index in [0.29, 0.717) is 11.6 Å². The summed E-state index contributed by atoms with van der Waals surface area (Å²) in [7, 11) is 0. The highest BCUT2D eigenvalue weighted by molar-refractivity contribution is 14.1. The topological polar surface area (TPSA) is 40.5 Å². The van der Waals surface area contributed by atoms with Crippen molar-refractivity contribution < 1.29 is 9.90 Å². The Hall–Kier alpha value is -0.300. The van der Waals surface area contributed by atoms with Crippen molar-refractivity contribution in [2.24, 2.45) is 0 Å². The van der Waals surface area contributed by atoms with Gasteiger partial charge in [-0.1, -0.05) is 28.8 Å². The molecule has 0 heterocycles. The summed E-state index contributed by atoms with van der Waals surface area (Å²) in [4.78, 5) is 14.5. The molecule has 5 heteroatoms. The third kappa shape index (κ3) is 3.62. The van der Waals surface area contributed by atoms with Gasteiger partial charge in [-0.2, -0.15) is 0 Å². The maximum Gasteiger partial charge on any atom is 0.254 e. The standard InChI is InChI=1S/C14H17BrINO2/c15-7-8-17(11-3-1-2-4-11)14(19)10-5-6-12(16)13(18)9-10/h5-6,9,11,18H,1-4,7-8H2. The van der Waals surface area contributed by atoms with Crippen LogP contribution < -0.4 is 0 Å². The number of amides is 1. The van der Waals surface area contributed by atoms with E-state index in [1.54, 1.807) is 18.2 Å². The van der Waals surface area contributed by atoms with Gasteiger partial charge in [0.25, 0.3) is 5.91 Å². The predicted octanol–water partition coefficient (Wildman–Crippen LogP) is 3.78.